The van der Waals surface area contributed by atoms with E-state index in [1.165, 1.54) is 64.0 Å². The van der Waals surface area contributed by atoms with Gasteiger partial charge in [0.15, 0.2) is 0 Å². The summed E-state index contributed by atoms with van der Waals surface area (Å²) in [6.07, 6.45) is 5.88. The molecule has 2 aliphatic rings. The van der Waals surface area contributed by atoms with Gasteiger partial charge < -0.3 is 14.9 Å². The highest BCUT2D eigenvalue weighted by Crippen LogP contribution is 2.24. The Morgan fingerprint density at radius 3 is 2.44 bits per heavy atom. The van der Waals surface area contributed by atoms with E-state index in [2.05, 4.69) is 58.9 Å². The van der Waals surface area contributed by atoms with E-state index < -0.39 is 0 Å². The highest BCUT2D eigenvalue weighted by atomic mass is 16.3. The molecular weight excluding hydrogens is 334 g/mol. The molecule has 0 spiro atoms. The van der Waals surface area contributed by atoms with E-state index in [4.69, 9.17) is 0 Å². The highest BCUT2D eigenvalue weighted by Gasteiger charge is 2.33. The topological polar surface area (TPSA) is 30.0 Å². The van der Waals surface area contributed by atoms with Crippen molar-refractivity contribution in [3.63, 3.8) is 0 Å². The average Bonchev–Trinajstić information content (AvgIpc) is 2.69. The van der Waals surface area contributed by atoms with Gasteiger partial charge in [-0.25, -0.2) is 0 Å². The molecular formula is C23H39N3O. The molecule has 0 saturated carbocycles. The Hall–Kier alpha value is -0.940. The van der Waals surface area contributed by atoms with Gasteiger partial charge in [-0.3, -0.25) is 4.90 Å². The summed E-state index contributed by atoms with van der Waals surface area (Å²) in [6.45, 7) is 12.0. The molecule has 0 amide bonds. The number of likely N-dealkylation sites (tertiary alicyclic amines) is 1. The number of piperidine rings is 1. The Morgan fingerprint density at radius 1 is 1.04 bits per heavy atom. The Kier molecular flexibility index (Phi) is 8.13. The van der Waals surface area contributed by atoms with Crippen molar-refractivity contribution in [2.24, 2.45) is 0 Å². The molecule has 2 saturated heterocycles. The molecule has 0 bridgehead atoms. The first-order valence-corrected chi connectivity index (χ1v) is 11.0. The molecule has 27 heavy (non-hydrogen) atoms. The zero-order valence-corrected chi connectivity index (χ0v) is 17.4. The van der Waals surface area contributed by atoms with Gasteiger partial charge in [0, 0.05) is 44.4 Å². The standard InChI is InChI=1S/C23H39N3O/c1-20(2)25-14-10-22(11-15-25)26-17-16-24(19-23(26)12-18-27)13-6-9-21-7-4-3-5-8-21/h3-5,7-8,20,22-23,27H,6,9-19H2,1-2H3/t23-/m0/s1. The fraction of sp³-hybridized carbons (Fsp3) is 0.739. The fourth-order valence-electron chi connectivity index (χ4n) is 4.91. The zero-order valence-electron chi connectivity index (χ0n) is 17.4. The van der Waals surface area contributed by atoms with Crippen LogP contribution in [0.15, 0.2) is 30.3 Å². The van der Waals surface area contributed by atoms with Crippen molar-refractivity contribution >= 4 is 0 Å². The molecule has 0 radical (unpaired) electrons. The first-order chi connectivity index (χ1) is 13.2. The predicted octanol–water partition coefficient (Wildman–Crippen LogP) is 2.86. The lowest BCUT2D eigenvalue weighted by molar-refractivity contribution is 0.00208. The quantitative estimate of drug-likeness (QED) is 0.759. The van der Waals surface area contributed by atoms with E-state index in [-0.39, 0.29) is 0 Å². The van der Waals surface area contributed by atoms with Crippen LogP contribution in [-0.2, 0) is 6.42 Å². The maximum atomic E-state index is 9.61. The van der Waals surface area contributed by atoms with Crippen molar-refractivity contribution in [1.29, 1.82) is 0 Å². The van der Waals surface area contributed by atoms with Crippen LogP contribution < -0.4 is 0 Å². The normalized spacial score (nSPS) is 23.9. The molecule has 2 heterocycles. The maximum absolute atomic E-state index is 9.61. The van der Waals surface area contributed by atoms with Gasteiger partial charge in [-0.05, 0) is 71.1 Å². The molecule has 0 aliphatic carbocycles. The summed E-state index contributed by atoms with van der Waals surface area (Å²) in [5.41, 5.74) is 1.44. The highest BCUT2D eigenvalue weighted by molar-refractivity contribution is 5.14. The van der Waals surface area contributed by atoms with Gasteiger partial charge in [-0.15, -0.1) is 0 Å². The molecule has 1 aromatic carbocycles. The lowest BCUT2D eigenvalue weighted by Gasteiger charge is -2.48. The van der Waals surface area contributed by atoms with Gasteiger partial charge in [0.25, 0.3) is 0 Å². The number of benzene rings is 1. The van der Waals surface area contributed by atoms with Crippen molar-refractivity contribution in [2.45, 2.75) is 64.1 Å². The number of hydrogen-bond acceptors (Lipinski definition) is 4. The third-order valence-electron chi connectivity index (χ3n) is 6.56. The van der Waals surface area contributed by atoms with E-state index in [0.29, 0.717) is 24.7 Å². The van der Waals surface area contributed by atoms with Crippen LogP contribution in [0.25, 0.3) is 0 Å². The van der Waals surface area contributed by atoms with Crippen LogP contribution >= 0.6 is 0 Å². The van der Waals surface area contributed by atoms with Crippen LogP contribution in [-0.4, -0.2) is 83.8 Å². The fourth-order valence-corrected chi connectivity index (χ4v) is 4.91. The van der Waals surface area contributed by atoms with Gasteiger partial charge in [0.1, 0.15) is 0 Å². The van der Waals surface area contributed by atoms with Gasteiger partial charge in [-0.2, -0.15) is 0 Å². The van der Waals surface area contributed by atoms with Crippen LogP contribution in [0.4, 0.5) is 0 Å². The predicted molar refractivity (Wildman–Crippen MR) is 113 cm³/mol. The van der Waals surface area contributed by atoms with Gasteiger partial charge in [0.05, 0.1) is 0 Å². The molecule has 152 valence electrons. The minimum absolute atomic E-state index is 0.309. The van der Waals surface area contributed by atoms with E-state index in [9.17, 15) is 5.11 Å². The molecule has 4 heteroatoms. The Balaban J connectivity index is 1.46. The van der Waals surface area contributed by atoms with Crippen molar-refractivity contribution < 1.29 is 5.11 Å². The summed E-state index contributed by atoms with van der Waals surface area (Å²) in [6, 6.07) is 12.7. The van der Waals surface area contributed by atoms with Gasteiger partial charge in [-0.1, -0.05) is 30.3 Å². The summed E-state index contributed by atoms with van der Waals surface area (Å²) in [5.74, 6) is 0. The minimum atomic E-state index is 0.309. The number of aliphatic hydroxyl groups excluding tert-OH is 1. The van der Waals surface area contributed by atoms with E-state index in [1.807, 2.05) is 0 Å². The number of aryl methyl sites for hydroxylation is 1. The number of piperazine rings is 1. The van der Waals surface area contributed by atoms with Crippen molar-refractivity contribution in [3.8, 4) is 0 Å². The second-order valence-electron chi connectivity index (χ2n) is 8.65. The summed E-state index contributed by atoms with van der Waals surface area (Å²) in [4.78, 5) is 7.97. The molecule has 3 rings (SSSR count). The Labute approximate surface area is 166 Å². The molecule has 0 aromatic heterocycles. The van der Waals surface area contributed by atoms with Crippen LogP contribution in [0.2, 0.25) is 0 Å². The monoisotopic (exact) mass is 373 g/mol. The van der Waals surface area contributed by atoms with Crippen LogP contribution in [0, 0.1) is 0 Å². The maximum Gasteiger partial charge on any atom is 0.0446 e. The molecule has 1 atom stereocenters. The van der Waals surface area contributed by atoms with E-state index in [1.54, 1.807) is 0 Å². The summed E-state index contributed by atoms with van der Waals surface area (Å²) >= 11 is 0. The molecule has 0 unspecified atom stereocenters. The lowest BCUT2D eigenvalue weighted by atomic mass is 9.97. The first kappa shape index (κ1) is 20.8. The SMILES string of the molecule is CC(C)N1CCC(N2CCN(CCCc3ccccc3)C[C@@H]2CCO)CC1. The summed E-state index contributed by atoms with van der Waals surface area (Å²) in [7, 11) is 0. The van der Waals surface area contributed by atoms with Crippen molar-refractivity contribution in [1.82, 2.24) is 14.7 Å². The van der Waals surface area contributed by atoms with Crippen LogP contribution in [0.1, 0.15) is 45.1 Å². The third kappa shape index (κ3) is 6.02. The average molecular weight is 374 g/mol. The van der Waals surface area contributed by atoms with Crippen LogP contribution in [0.3, 0.4) is 0 Å². The number of rotatable bonds is 8. The second-order valence-corrected chi connectivity index (χ2v) is 8.65. The van der Waals surface area contributed by atoms with Crippen molar-refractivity contribution in [2.75, 3.05) is 45.9 Å². The summed E-state index contributed by atoms with van der Waals surface area (Å²) < 4.78 is 0. The van der Waals surface area contributed by atoms with Gasteiger partial charge in [0.2, 0.25) is 0 Å². The van der Waals surface area contributed by atoms with Gasteiger partial charge >= 0.3 is 0 Å². The molecule has 2 aliphatic heterocycles. The zero-order chi connectivity index (χ0) is 19.1. The Morgan fingerprint density at radius 2 is 1.78 bits per heavy atom. The van der Waals surface area contributed by atoms with Crippen molar-refractivity contribution in [3.05, 3.63) is 35.9 Å². The number of aliphatic hydroxyl groups is 1. The second kappa shape index (κ2) is 10.6. The lowest BCUT2D eigenvalue weighted by Crippen LogP contribution is -2.59. The molecule has 4 nitrogen and oxygen atoms in total. The first-order valence-electron chi connectivity index (χ1n) is 11.0. The third-order valence-corrected chi connectivity index (χ3v) is 6.56. The largest absolute Gasteiger partial charge is 0.396 e. The minimum Gasteiger partial charge on any atom is -0.396 e. The summed E-state index contributed by atoms with van der Waals surface area (Å²) in [5, 5.41) is 9.61. The molecule has 2 fully saturated rings. The Bertz CT molecular complexity index is 528. The van der Waals surface area contributed by atoms with Crippen LogP contribution in [0.5, 0.6) is 0 Å². The molecule has 1 N–H and O–H groups in total. The number of nitrogens with zero attached hydrogens (tertiary/aromatic N) is 3. The van der Waals surface area contributed by atoms with E-state index >= 15 is 0 Å². The van der Waals surface area contributed by atoms with E-state index in [0.717, 1.165) is 13.0 Å². The molecule has 1 aromatic rings. The smallest absolute Gasteiger partial charge is 0.0446 e. The number of hydrogen-bond donors (Lipinski definition) is 1.